The van der Waals surface area contributed by atoms with Crippen LogP contribution in [-0.4, -0.2) is 50.7 Å². The molecule has 0 atom stereocenters. The molecule has 1 aromatic heterocycles. The topological polar surface area (TPSA) is 77.1 Å². The fourth-order valence-electron chi connectivity index (χ4n) is 2.74. The Morgan fingerprint density at radius 2 is 1.97 bits per heavy atom. The van der Waals surface area contributed by atoms with Crippen molar-refractivity contribution >= 4 is 28.2 Å². The summed E-state index contributed by atoms with van der Waals surface area (Å²) in [5.74, 6) is -0.530. The van der Waals surface area contributed by atoms with E-state index in [-0.39, 0.29) is 30.6 Å². The summed E-state index contributed by atoms with van der Waals surface area (Å²) in [5, 5.41) is 3.33. The molecule has 1 N–H and O–H groups in total. The Labute approximate surface area is 177 Å². The number of esters is 1. The molecular weight excluding hydrogens is 418 g/mol. The summed E-state index contributed by atoms with van der Waals surface area (Å²) >= 11 is 1.16. The zero-order valence-corrected chi connectivity index (χ0v) is 18.0. The number of carbonyl (C=O) groups excluding carboxylic acids is 2. The zero-order valence-electron chi connectivity index (χ0n) is 17.2. The molecule has 164 valence electrons. The lowest BCUT2D eigenvalue weighted by atomic mass is 10.2. The predicted molar refractivity (Wildman–Crippen MR) is 110 cm³/mol. The number of hydrogen-bond donors (Lipinski definition) is 1. The molecule has 0 spiro atoms. The highest BCUT2D eigenvalue weighted by Crippen LogP contribution is 2.30. The molecule has 2 rings (SSSR count). The Morgan fingerprint density at radius 3 is 2.60 bits per heavy atom. The number of amides is 1. The maximum absolute atomic E-state index is 12.4. The number of ether oxygens (including phenoxy) is 3. The number of thiophene rings is 1. The van der Waals surface area contributed by atoms with Crippen LogP contribution < -0.4 is 14.8 Å². The van der Waals surface area contributed by atoms with Crippen LogP contribution in [0.25, 0.3) is 0 Å². The second-order valence-corrected chi connectivity index (χ2v) is 7.48. The quantitative estimate of drug-likeness (QED) is 0.562. The third-order valence-corrected chi connectivity index (χ3v) is 5.08. The number of alkyl halides is 2. The van der Waals surface area contributed by atoms with Crippen LogP contribution in [0.5, 0.6) is 11.5 Å². The van der Waals surface area contributed by atoms with Gasteiger partial charge in [0.25, 0.3) is 0 Å². The van der Waals surface area contributed by atoms with Gasteiger partial charge in [-0.25, -0.2) is 4.79 Å². The second kappa shape index (κ2) is 10.9. The van der Waals surface area contributed by atoms with Crippen molar-refractivity contribution in [2.75, 3.05) is 32.6 Å². The van der Waals surface area contributed by atoms with Crippen molar-refractivity contribution in [1.29, 1.82) is 0 Å². The van der Waals surface area contributed by atoms with Gasteiger partial charge in [0.1, 0.15) is 4.88 Å². The summed E-state index contributed by atoms with van der Waals surface area (Å²) in [4.78, 5) is 26.4. The molecule has 0 saturated heterocycles. The first-order valence-corrected chi connectivity index (χ1v) is 9.92. The van der Waals surface area contributed by atoms with E-state index in [1.54, 1.807) is 44.0 Å². The molecule has 1 aromatic carbocycles. The van der Waals surface area contributed by atoms with E-state index in [9.17, 15) is 18.4 Å². The molecule has 0 saturated carbocycles. The Kier molecular flexibility index (Phi) is 8.55. The number of halogens is 2. The summed E-state index contributed by atoms with van der Waals surface area (Å²) in [5.41, 5.74) is 1.50. The van der Waals surface area contributed by atoms with Gasteiger partial charge in [-0.1, -0.05) is 6.07 Å². The molecule has 0 aliphatic heterocycles. The molecule has 10 heteroatoms. The number of aryl methyl sites for hydroxylation is 1. The molecule has 7 nitrogen and oxygen atoms in total. The Hall–Kier alpha value is -2.72. The first-order chi connectivity index (χ1) is 14.2. The van der Waals surface area contributed by atoms with Crippen LogP contribution in [-0.2, 0) is 16.1 Å². The minimum Gasteiger partial charge on any atom is -0.493 e. The third-order valence-electron chi connectivity index (χ3n) is 3.95. The van der Waals surface area contributed by atoms with Gasteiger partial charge in [0, 0.05) is 6.54 Å². The molecule has 30 heavy (non-hydrogen) atoms. The van der Waals surface area contributed by atoms with Crippen LogP contribution in [0.4, 0.5) is 13.8 Å². The van der Waals surface area contributed by atoms with Crippen LogP contribution >= 0.6 is 11.3 Å². The summed E-state index contributed by atoms with van der Waals surface area (Å²) in [6, 6.07) is 6.34. The summed E-state index contributed by atoms with van der Waals surface area (Å²) < 4.78 is 39.3. The Bertz CT molecular complexity index is 888. The largest absolute Gasteiger partial charge is 0.493 e. The fraction of sp³-hybridized carbons (Fsp3) is 0.400. The highest BCUT2D eigenvalue weighted by Gasteiger charge is 2.17. The lowest BCUT2D eigenvalue weighted by molar-refractivity contribution is -0.117. The van der Waals surface area contributed by atoms with E-state index in [0.29, 0.717) is 16.4 Å². The van der Waals surface area contributed by atoms with Gasteiger partial charge in [0.15, 0.2) is 11.5 Å². The van der Waals surface area contributed by atoms with Crippen molar-refractivity contribution in [3.63, 3.8) is 0 Å². The van der Waals surface area contributed by atoms with Gasteiger partial charge in [0.05, 0.1) is 25.3 Å². The van der Waals surface area contributed by atoms with E-state index in [2.05, 4.69) is 10.1 Å². The van der Waals surface area contributed by atoms with Gasteiger partial charge < -0.3 is 19.5 Å². The number of anilines is 1. The number of likely N-dealkylation sites (N-methyl/N-ethyl adjacent to an activating group) is 1. The lowest BCUT2D eigenvalue weighted by Crippen LogP contribution is -2.29. The average molecular weight is 442 g/mol. The average Bonchev–Trinajstić information content (AvgIpc) is 3.02. The fourth-order valence-corrected chi connectivity index (χ4v) is 3.72. The third kappa shape index (κ3) is 6.67. The van der Waals surface area contributed by atoms with E-state index in [1.807, 2.05) is 0 Å². The molecule has 1 heterocycles. The Balaban J connectivity index is 1.95. The number of hydrogen-bond acceptors (Lipinski definition) is 7. The van der Waals surface area contributed by atoms with E-state index < -0.39 is 12.6 Å². The number of benzene rings is 1. The van der Waals surface area contributed by atoms with Gasteiger partial charge >= 0.3 is 12.6 Å². The number of nitrogens with one attached hydrogen (secondary N) is 1. The van der Waals surface area contributed by atoms with Crippen LogP contribution in [0, 0.1) is 6.92 Å². The van der Waals surface area contributed by atoms with Gasteiger partial charge in [0.2, 0.25) is 5.91 Å². The highest BCUT2D eigenvalue weighted by atomic mass is 32.1. The molecule has 0 unspecified atom stereocenters. The standard InChI is InChI=1S/C20H24F2N2O5S/c1-5-28-19(26)18-12(2)8-17(30-18)23-16(25)11-24(3)10-13-6-7-14(29-20(21)22)15(9-13)27-4/h6-9,20H,5,10-11H2,1-4H3,(H,23,25). The molecule has 0 fully saturated rings. The lowest BCUT2D eigenvalue weighted by Gasteiger charge is -2.17. The number of nitrogens with zero attached hydrogens (tertiary/aromatic N) is 1. The number of methoxy groups -OCH3 is 1. The molecule has 0 aliphatic carbocycles. The van der Waals surface area contributed by atoms with Crippen LogP contribution in [0.15, 0.2) is 24.3 Å². The van der Waals surface area contributed by atoms with Gasteiger partial charge in [-0.2, -0.15) is 8.78 Å². The first-order valence-electron chi connectivity index (χ1n) is 9.11. The smallest absolute Gasteiger partial charge is 0.387 e. The van der Waals surface area contributed by atoms with Crippen LogP contribution in [0.1, 0.15) is 27.7 Å². The molecule has 1 amide bonds. The molecule has 2 aromatic rings. The number of rotatable bonds is 10. The van der Waals surface area contributed by atoms with Crippen molar-refractivity contribution < 1.29 is 32.6 Å². The minimum absolute atomic E-state index is 0.0536. The van der Waals surface area contributed by atoms with Crippen LogP contribution in [0.3, 0.4) is 0 Å². The molecule has 0 aliphatic rings. The molecule has 0 bridgehead atoms. The highest BCUT2D eigenvalue weighted by molar-refractivity contribution is 7.18. The monoisotopic (exact) mass is 442 g/mol. The van der Waals surface area contributed by atoms with E-state index in [0.717, 1.165) is 22.5 Å². The summed E-state index contributed by atoms with van der Waals surface area (Å²) in [7, 11) is 3.11. The van der Waals surface area contributed by atoms with Crippen LogP contribution in [0.2, 0.25) is 0 Å². The van der Waals surface area contributed by atoms with Gasteiger partial charge in [-0.3, -0.25) is 9.69 Å². The summed E-state index contributed by atoms with van der Waals surface area (Å²) in [6.45, 7) is 1.32. The van der Waals surface area contributed by atoms with Crippen molar-refractivity contribution in [2.45, 2.75) is 27.0 Å². The molecule has 0 radical (unpaired) electrons. The number of carbonyl (C=O) groups is 2. The maximum atomic E-state index is 12.4. The van der Waals surface area contributed by atoms with E-state index in [1.165, 1.54) is 13.2 Å². The predicted octanol–water partition coefficient (Wildman–Crippen LogP) is 3.91. The van der Waals surface area contributed by atoms with Crippen molar-refractivity contribution in [3.05, 3.63) is 40.3 Å². The molecular formula is C20H24F2N2O5S. The van der Waals surface area contributed by atoms with Crippen molar-refractivity contribution in [3.8, 4) is 11.5 Å². The second-order valence-electron chi connectivity index (χ2n) is 6.43. The Morgan fingerprint density at radius 1 is 1.23 bits per heavy atom. The van der Waals surface area contributed by atoms with E-state index in [4.69, 9.17) is 9.47 Å². The minimum atomic E-state index is -2.94. The SMILES string of the molecule is CCOC(=O)c1sc(NC(=O)CN(C)Cc2ccc(OC(F)F)c(OC)c2)cc1C. The van der Waals surface area contributed by atoms with E-state index >= 15 is 0 Å². The normalized spacial score (nSPS) is 10.9. The van der Waals surface area contributed by atoms with Crippen molar-refractivity contribution in [2.24, 2.45) is 0 Å². The van der Waals surface area contributed by atoms with Crippen molar-refractivity contribution in [1.82, 2.24) is 4.90 Å². The maximum Gasteiger partial charge on any atom is 0.387 e. The van der Waals surface area contributed by atoms with Gasteiger partial charge in [-0.15, -0.1) is 11.3 Å². The summed E-state index contributed by atoms with van der Waals surface area (Å²) in [6.07, 6.45) is 0. The van der Waals surface area contributed by atoms with Gasteiger partial charge in [-0.05, 0) is 50.2 Å². The zero-order chi connectivity index (χ0) is 22.3. The first kappa shape index (κ1) is 23.6.